The first kappa shape index (κ1) is 14.9. The molecule has 1 aromatic rings. The number of nitrogens with one attached hydrogen (secondary N) is 1. The molecule has 0 bridgehead atoms. The normalized spacial score (nSPS) is 20.5. The standard InChI is InChI=1S/C15H20F2N2O/c1-3-4-5-10(2)19-14(20)9-18-15(19)11-6-7-12(16)13(17)8-11/h6-8,10,15,18H,3-5,9H2,1-2H3. The van der Waals surface area contributed by atoms with E-state index in [1.54, 1.807) is 4.90 Å². The Bertz CT molecular complexity index is 493. The van der Waals surface area contributed by atoms with Crippen molar-refractivity contribution in [3.05, 3.63) is 35.4 Å². The van der Waals surface area contributed by atoms with Gasteiger partial charge in [-0.05, 0) is 31.0 Å². The van der Waals surface area contributed by atoms with E-state index in [9.17, 15) is 13.6 Å². The van der Waals surface area contributed by atoms with E-state index in [-0.39, 0.29) is 24.7 Å². The number of carbonyl (C=O) groups excluding carboxylic acids is 1. The van der Waals surface area contributed by atoms with Crippen molar-refractivity contribution in [1.29, 1.82) is 0 Å². The molecular formula is C15H20F2N2O. The van der Waals surface area contributed by atoms with E-state index in [4.69, 9.17) is 0 Å². The minimum Gasteiger partial charge on any atom is -0.319 e. The Balaban J connectivity index is 2.20. The predicted octanol–water partition coefficient (Wildman–Crippen LogP) is 2.97. The van der Waals surface area contributed by atoms with Crippen molar-refractivity contribution >= 4 is 5.91 Å². The van der Waals surface area contributed by atoms with Crippen LogP contribution >= 0.6 is 0 Å². The van der Waals surface area contributed by atoms with Crippen LogP contribution < -0.4 is 5.32 Å². The average molecular weight is 282 g/mol. The van der Waals surface area contributed by atoms with E-state index in [0.717, 1.165) is 31.4 Å². The van der Waals surface area contributed by atoms with Gasteiger partial charge in [0, 0.05) is 6.04 Å². The Hall–Kier alpha value is -1.49. The lowest BCUT2D eigenvalue weighted by molar-refractivity contribution is -0.130. The number of hydrogen-bond donors (Lipinski definition) is 1. The number of hydrogen-bond acceptors (Lipinski definition) is 2. The van der Waals surface area contributed by atoms with Crippen molar-refractivity contribution in [3.8, 4) is 0 Å². The summed E-state index contributed by atoms with van der Waals surface area (Å²) in [4.78, 5) is 13.7. The van der Waals surface area contributed by atoms with Gasteiger partial charge in [-0.15, -0.1) is 0 Å². The maximum absolute atomic E-state index is 13.4. The fourth-order valence-corrected chi connectivity index (χ4v) is 2.62. The molecule has 0 aromatic heterocycles. The summed E-state index contributed by atoms with van der Waals surface area (Å²) in [6.45, 7) is 4.33. The molecule has 1 amide bonds. The molecule has 1 saturated heterocycles. The number of rotatable bonds is 5. The maximum atomic E-state index is 13.4. The summed E-state index contributed by atoms with van der Waals surface area (Å²) >= 11 is 0. The third-order valence-corrected chi connectivity index (χ3v) is 3.72. The minimum atomic E-state index is -0.884. The highest BCUT2D eigenvalue weighted by atomic mass is 19.2. The fourth-order valence-electron chi connectivity index (χ4n) is 2.62. The van der Waals surface area contributed by atoms with Crippen LogP contribution in [0.3, 0.4) is 0 Å². The minimum absolute atomic E-state index is 0.00309. The topological polar surface area (TPSA) is 32.3 Å². The molecule has 1 fully saturated rings. The van der Waals surface area contributed by atoms with Crippen LogP contribution in [-0.4, -0.2) is 23.4 Å². The fraction of sp³-hybridized carbons (Fsp3) is 0.533. The van der Waals surface area contributed by atoms with Crippen molar-refractivity contribution in [2.75, 3.05) is 6.54 Å². The Morgan fingerprint density at radius 2 is 2.15 bits per heavy atom. The van der Waals surface area contributed by atoms with E-state index in [0.29, 0.717) is 5.56 Å². The molecule has 1 N–H and O–H groups in total. The zero-order valence-electron chi connectivity index (χ0n) is 11.8. The van der Waals surface area contributed by atoms with Crippen molar-refractivity contribution < 1.29 is 13.6 Å². The average Bonchev–Trinajstić information content (AvgIpc) is 2.81. The molecule has 2 atom stereocenters. The molecule has 0 aliphatic carbocycles. The van der Waals surface area contributed by atoms with E-state index in [2.05, 4.69) is 12.2 Å². The predicted molar refractivity (Wildman–Crippen MR) is 72.9 cm³/mol. The number of nitrogens with zero attached hydrogens (tertiary/aromatic N) is 1. The largest absolute Gasteiger partial charge is 0.319 e. The number of halogens is 2. The van der Waals surface area contributed by atoms with Gasteiger partial charge in [0.15, 0.2) is 11.6 Å². The van der Waals surface area contributed by atoms with Crippen molar-refractivity contribution in [1.82, 2.24) is 10.2 Å². The van der Waals surface area contributed by atoms with Gasteiger partial charge in [-0.2, -0.15) is 0 Å². The van der Waals surface area contributed by atoms with Crippen LogP contribution in [-0.2, 0) is 4.79 Å². The van der Waals surface area contributed by atoms with Gasteiger partial charge in [0.2, 0.25) is 5.91 Å². The number of benzene rings is 1. The Labute approximate surface area is 118 Å². The lowest BCUT2D eigenvalue weighted by atomic mass is 10.1. The summed E-state index contributed by atoms with van der Waals surface area (Å²) in [5, 5.41) is 3.06. The van der Waals surface area contributed by atoms with E-state index in [1.807, 2.05) is 6.92 Å². The summed E-state index contributed by atoms with van der Waals surface area (Å²) < 4.78 is 26.4. The quantitative estimate of drug-likeness (QED) is 0.900. The third kappa shape index (κ3) is 2.98. The Morgan fingerprint density at radius 1 is 1.40 bits per heavy atom. The van der Waals surface area contributed by atoms with E-state index < -0.39 is 11.6 Å². The van der Waals surface area contributed by atoms with Gasteiger partial charge < -0.3 is 4.90 Å². The second-order valence-corrected chi connectivity index (χ2v) is 5.25. The summed E-state index contributed by atoms with van der Waals surface area (Å²) in [7, 11) is 0. The molecule has 1 heterocycles. The third-order valence-electron chi connectivity index (χ3n) is 3.72. The molecule has 2 rings (SSSR count). The maximum Gasteiger partial charge on any atom is 0.238 e. The lowest BCUT2D eigenvalue weighted by Crippen LogP contribution is -2.38. The number of unbranched alkanes of at least 4 members (excludes halogenated alkanes) is 1. The zero-order chi connectivity index (χ0) is 14.7. The van der Waals surface area contributed by atoms with Gasteiger partial charge in [0.05, 0.1) is 6.54 Å². The first-order valence-corrected chi connectivity index (χ1v) is 7.04. The molecule has 0 saturated carbocycles. The highest BCUT2D eigenvalue weighted by Crippen LogP contribution is 2.27. The van der Waals surface area contributed by atoms with Crippen molar-refractivity contribution in [2.45, 2.75) is 45.3 Å². The first-order valence-electron chi connectivity index (χ1n) is 7.04. The van der Waals surface area contributed by atoms with Gasteiger partial charge >= 0.3 is 0 Å². The van der Waals surface area contributed by atoms with Crippen LogP contribution in [0.1, 0.15) is 44.8 Å². The Morgan fingerprint density at radius 3 is 2.80 bits per heavy atom. The molecule has 1 aliphatic rings. The van der Waals surface area contributed by atoms with Gasteiger partial charge in [-0.1, -0.05) is 25.8 Å². The molecule has 0 spiro atoms. The highest BCUT2D eigenvalue weighted by Gasteiger charge is 2.34. The molecule has 1 aliphatic heterocycles. The lowest BCUT2D eigenvalue weighted by Gasteiger charge is -2.30. The molecule has 3 nitrogen and oxygen atoms in total. The summed E-state index contributed by atoms with van der Waals surface area (Å²) in [5.74, 6) is -1.75. The SMILES string of the molecule is CCCCC(C)N1C(=O)CNC1c1ccc(F)c(F)c1. The van der Waals surface area contributed by atoms with Crippen LogP contribution in [0.5, 0.6) is 0 Å². The molecule has 0 radical (unpaired) electrons. The number of carbonyl (C=O) groups is 1. The van der Waals surface area contributed by atoms with Crippen LogP contribution in [0, 0.1) is 11.6 Å². The van der Waals surface area contributed by atoms with Crippen molar-refractivity contribution in [2.24, 2.45) is 0 Å². The molecule has 1 aromatic carbocycles. The van der Waals surface area contributed by atoms with E-state index >= 15 is 0 Å². The smallest absolute Gasteiger partial charge is 0.238 e. The molecule has 20 heavy (non-hydrogen) atoms. The first-order chi connectivity index (χ1) is 9.54. The summed E-state index contributed by atoms with van der Waals surface area (Å²) in [5.41, 5.74) is 0.582. The summed E-state index contributed by atoms with van der Waals surface area (Å²) in [6.07, 6.45) is 2.64. The van der Waals surface area contributed by atoms with Crippen LogP contribution in [0.4, 0.5) is 8.78 Å². The monoisotopic (exact) mass is 282 g/mol. The van der Waals surface area contributed by atoms with Gasteiger partial charge in [0.25, 0.3) is 0 Å². The van der Waals surface area contributed by atoms with Crippen LogP contribution in [0.2, 0.25) is 0 Å². The van der Waals surface area contributed by atoms with E-state index in [1.165, 1.54) is 6.07 Å². The molecule has 110 valence electrons. The molecule has 2 unspecified atom stereocenters. The van der Waals surface area contributed by atoms with Crippen molar-refractivity contribution in [3.63, 3.8) is 0 Å². The van der Waals surface area contributed by atoms with Gasteiger partial charge in [-0.3, -0.25) is 10.1 Å². The highest BCUT2D eigenvalue weighted by molar-refractivity contribution is 5.81. The summed E-state index contributed by atoms with van der Waals surface area (Å²) in [6, 6.07) is 3.86. The second kappa shape index (κ2) is 6.31. The zero-order valence-corrected chi connectivity index (χ0v) is 11.8. The van der Waals surface area contributed by atoms with Crippen LogP contribution in [0.25, 0.3) is 0 Å². The molecular weight excluding hydrogens is 262 g/mol. The molecule has 5 heteroatoms. The Kier molecular flexibility index (Phi) is 4.70. The van der Waals surface area contributed by atoms with Crippen LogP contribution in [0.15, 0.2) is 18.2 Å². The number of amides is 1. The van der Waals surface area contributed by atoms with Gasteiger partial charge in [0.1, 0.15) is 6.17 Å². The van der Waals surface area contributed by atoms with Gasteiger partial charge in [-0.25, -0.2) is 8.78 Å². The second-order valence-electron chi connectivity index (χ2n) is 5.25.